The third-order valence-electron chi connectivity index (χ3n) is 2.86. The minimum Gasteiger partial charge on any atom is -0.354 e. The number of rotatable bonds is 7. The molecule has 0 atom stereocenters. The molecule has 0 fully saturated rings. The lowest BCUT2D eigenvalue weighted by atomic mass is 10.6. The molecule has 0 amide bonds. The van der Waals surface area contributed by atoms with E-state index >= 15 is 0 Å². The molecule has 0 unspecified atom stereocenters. The standard InChI is InChI=1S/C10H17N7O2S/c1-7-11-12-8(16(7)2)6-20-10-13-14-15-17(10)5-9(18-3)19-4/h9H,5-6H2,1-4H3. The van der Waals surface area contributed by atoms with Crippen LogP contribution in [0.3, 0.4) is 0 Å². The van der Waals surface area contributed by atoms with Gasteiger partial charge < -0.3 is 14.0 Å². The zero-order chi connectivity index (χ0) is 14.5. The van der Waals surface area contributed by atoms with Crippen molar-refractivity contribution in [2.24, 2.45) is 7.05 Å². The first-order valence-electron chi connectivity index (χ1n) is 5.95. The molecule has 2 heterocycles. The monoisotopic (exact) mass is 299 g/mol. The minimum atomic E-state index is -0.380. The van der Waals surface area contributed by atoms with Crippen molar-refractivity contribution in [2.75, 3.05) is 14.2 Å². The van der Waals surface area contributed by atoms with E-state index in [0.29, 0.717) is 17.5 Å². The molecule has 10 heteroatoms. The Balaban J connectivity index is 2.00. The molecule has 9 nitrogen and oxygen atoms in total. The molecule has 0 radical (unpaired) electrons. The second kappa shape index (κ2) is 6.77. The van der Waals surface area contributed by atoms with Crippen molar-refractivity contribution < 1.29 is 9.47 Å². The van der Waals surface area contributed by atoms with Crippen LogP contribution >= 0.6 is 11.8 Å². The van der Waals surface area contributed by atoms with Crippen LogP contribution in [0.25, 0.3) is 0 Å². The van der Waals surface area contributed by atoms with E-state index in [2.05, 4.69) is 25.7 Å². The van der Waals surface area contributed by atoms with Gasteiger partial charge in [0, 0.05) is 21.3 Å². The van der Waals surface area contributed by atoms with Crippen molar-refractivity contribution >= 4 is 11.8 Å². The summed E-state index contributed by atoms with van der Waals surface area (Å²) >= 11 is 1.49. The lowest BCUT2D eigenvalue weighted by Gasteiger charge is -2.13. The quantitative estimate of drug-likeness (QED) is 0.522. The summed E-state index contributed by atoms with van der Waals surface area (Å²) in [5.74, 6) is 2.39. The molecule has 110 valence electrons. The number of hydrogen-bond acceptors (Lipinski definition) is 8. The van der Waals surface area contributed by atoms with Gasteiger partial charge in [-0.15, -0.1) is 15.3 Å². The van der Waals surface area contributed by atoms with Crippen molar-refractivity contribution in [1.82, 2.24) is 35.0 Å². The summed E-state index contributed by atoms with van der Waals surface area (Å²) < 4.78 is 13.9. The Hall–Kier alpha value is -1.52. The molecular weight excluding hydrogens is 282 g/mol. The fourth-order valence-corrected chi connectivity index (χ4v) is 2.37. The van der Waals surface area contributed by atoms with Crippen LogP contribution in [-0.2, 0) is 28.8 Å². The Bertz CT molecular complexity index is 552. The Morgan fingerprint density at radius 1 is 1.20 bits per heavy atom. The van der Waals surface area contributed by atoms with Gasteiger partial charge in [0.2, 0.25) is 5.16 Å². The number of aromatic nitrogens is 7. The second-order valence-electron chi connectivity index (χ2n) is 4.06. The van der Waals surface area contributed by atoms with Crippen LogP contribution in [0.2, 0.25) is 0 Å². The Morgan fingerprint density at radius 3 is 2.55 bits per heavy atom. The van der Waals surface area contributed by atoms with Crippen LogP contribution in [0.5, 0.6) is 0 Å². The summed E-state index contributed by atoms with van der Waals surface area (Å²) in [4.78, 5) is 0. The predicted octanol–water partition coefficient (Wildman–Crippen LogP) is 0.0212. The number of tetrazole rings is 1. The minimum absolute atomic E-state index is 0.380. The third-order valence-corrected chi connectivity index (χ3v) is 3.81. The smallest absolute Gasteiger partial charge is 0.209 e. The highest BCUT2D eigenvalue weighted by Crippen LogP contribution is 2.19. The van der Waals surface area contributed by atoms with E-state index < -0.39 is 0 Å². The van der Waals surface area contributed by atoms with Crippen LogP contribution < -0.4 is 0 Å². The van der Waals surface area contributed by atoms with Crippen molar-refractivity contribution in [3.05, 3.63) is 11.6 Å². The molecule has 2 aromatic rings. The summed E-state index contributed by atoms with van der Waals surface area (Å²) in [6, 6.07) is 0. The number of thioether (sulfide) groups is 1. The molecule has 0 N–H and O–H groups in total. The fourth-order valence-electron chi connectivity index (χ4n) is 1.51. The maximum atomic E-state index is 5.14. The van der Waals surface area contributed by atoms with Crippen LogP contribution in [-0.4, -0.2) is 55.5 Å². The Kier molecular flexibility index (Phi) is 5.04. The number of nitrogens with zero attached hydrogens (tertiary/aromatic N) is 7. The lowest BCUT2D eigenvalue weighted by Crippen LogP contribution is -2.21. The highest BCUT2D eigenvalue weighted by molar-refractivity contribution is 7.98. The van der Waals surface area contributed by atoms with Crippen molar-refractivity contribution in [1.29, 1.82) is 0 Å². The molecule has 0 aliphatic carbocycles. The van der Waals surface area contributed by atoms with Gasteiger partial charge in [0.25, 0.3) is 0 Å². The summed E-state index contributed by atoms with van der Waals surface area (Å²) in [5, 5.41) is 20.4. The molecule has 0 aliphatic heterocycles. The van der Waals surface area contributed by atoms with E-state index in [1.165, 1.54) is 11.8 Å². The topological polar surface area (TPSA) is 92.8 Å². The first kappa shape index (κ1) is 14.9. The molecule has 2 aromatic heterocycles. The Morgan fingerprint density at radius 2 is 1.95 bits per heavy atom. The van der Waals surface area contributed by atoms with Crippen molar-refractivity contribution in [3.8, 4) is 0 Å². The molecule has 0 aliphatic rings. The van der Waals surface area contributed by atoms with Gasteiger partial charge in [0.15, 0.2) is 6.29 Å². The summed E-state index contributed by atoms with van der Waals surface area (Å²) in [5.41, 5.74) is 0. The summed E-state index contributed by atoms with van der Waals surface area (Å²) in [6.45, 7) is 2.34. The molecule has 2 rings (SSSR count). The average molecular weight is 299 g/mol. The van der Waals surface area contributed by atoms with Crippen LogP contribution in [0.1, 0.15) is 11.6 Å². The van der Waals surface area contributed by atoms with Gasteiger partial charge in [-0.25, -0.2) is 4.68 Å². The van der Waals surface area contributed by atoms with Crippen LogP contribution in [0, 0.1) is 6.92 Å². The highest BCUT2D eigenvalue weighted by atomic mass is 32.2. The molecule has 0 saturated carbocycles. The largest absolute Gasteiger partial charge is 0.354 e. The van der Waals surface area contributed by atoms with Gasteiger partial charge in [-0.05, 0) is 17.4 Å². The summed E-state index contributed by atoms with van der Waals surface area (Å²) in [7, 11) is 5.08. The molecule has 0 aromatic carbocycles. The van der Waals surface area contributed by atoms with Gasteiger partial charge in [-0.2, -0.15) is 0 Å². The summed E-state index contributed by atoms with van der Waals surface area (Å²) in [6.07, 6.45) is -0.380. The number of hydrogen-bond donors (Lipinski definition) is 0. The van der Waals surface area contributed by atoms with Gasteiger partial charge in [-0.3, -0.25) is 0 Å². The van der Waals surface area contributed by atoms with E-state index in [4.69, 9.17) is 9.47 Å². The SMILES string of the molecule is COC(Cn1nnnc1SCc1nnc(C)n1C)OC. The van der Waals surface area contributed by atoms with E-state index in [0.717, 1.165) is 11.6 Å². The van der Waals surface area contributed by atoms with Gasteiger partial charge >= 0.3 is 0 Å². The number of aryl methyl sites for hydroxylation is 1. The van der Waals surface area contributed by atoms with Gasteiger partial charge in [0.1, 0.15) is 11.6 Å². The zero-order valence-electron chi connectivity index (χ0n) is 11.8. The average Bonchev–Trinajstić information content (AvgIpc) is 3.02. The molecule has 0 bridgehead atoms. The number of ether oxygens (including phenoxy) is 2. The molecule has 0 saturated heterocycles. The highest BCUT2D eigenvalue weighted by Gasteiger charge is 2.14. The molecular formula is C10H17N7O2S. The number of methoxy groups -OCH3 is 2. The van der Waals surface area contributed by atoms with Crippen molar-refractivity contribution in [3.63, 3.8) is 0 Å². The first-order chi connectivity index (χ1) is 9.65. The Labute approximate surface area is 120 Å². The van der Waals surface area contributed by atoms with Crippen LogP contribution in [0.4, 0.5) is 0 Å². The zero-order valence-corrected chi connectivity index (χ0v) is 12.7. The molecule has 0 spiro atoms. The van der Waals surface area contributed by atoms with E-state index in [1.54, 1.807) is 18.9 Å². The maximum Gasteiger partial charge on any atom is 0.209 e. The normalized spacial score (nSPS) is 11.4. The maximum absolute atomic E-state index is 5.14. The first-order valence-corrected chi connectivity index (χ1v) is 6.93. The van der Waals surface area contributed by atoms with E-state index in [9.17, 15) is 0 Å². The predicted molar refractivity (Wildman–Crippen MR) is 70.9 cm³/mol. The van der Waals surface area contributed by atoms with Gasteiger partial charge in [0.05, 0.1) is 12.3 Å². The van der Waals surface area contributed by atoms with E-state index in [-0.39, 0.29) is 6.29 Å². The lowest BCUT2D eigenvalue weighted by molar-refractivity contribution is -0.113. The van der Waals surface area contributed by atoms with E-state index in [1.807, 2.05) is 18.5 Å². The van der Waals surface area contributed by atoms with Crippen molar-refractivity contribution in [2.45, 2.75) is 30.7 Å². The van der Waals surface area contributed by atoms with Crippen LogP contribution in [0.15, 0.2) is 5.16 Å². The van der Waals surface area contributed by atoms with Gasteiger partial charge in [-0.1, -0.05) is 11.8 Å². The third kappa shape index (κ3) is 3.32. The second-order valence-corrected chi connectivity index (χ2v) is 5.00. The molecule has 20 heavy (non-hydrogen) atoms. The fraction of sp³-hybridized carbons (Fsp3) is 0.700.